The molecule has 0 amide bonds. The van der Waals surface area contributed by atoms with Crippen molar-refractivity contribution in [3.8, 4) is 0 Å². The number of hydrogen-bond donors (Lipinski definition) is 1. The van der Waals surface area contributed by atoms with Crippen LogP contribution in [0.25, 0.3) is 0 Å². The zero-order valence-electron chi connectivity index (χ0n) is 9.34. The van der Waals surface area contributed by atoms with Gasteiger partial charge in [0, 0.05) is 5.54 Å². The first-order valence-corrected chi connectivity index (χ1v) is 5.55. The molecule has 13 heavy (non-hydrogen) atoms. The minimum absolute atomic E-state index is 0.396. The summed E-state index contributed by atoms with van der Waals surface area (Å²) in [6.07, 6.45) is 3.87. The van der Waals surface area contributed by atoms with Crippen LogP contribution in [0.3, 0.4) is 0 Å². The highest BCUT2D eigenvalue weighted by Crippen LogP contribution is 2.32. The van der Waals surface area contributed by atoms with Gasteiger partial charge >= 0.3 is 0 Å². The zero-order valence-corrected chi connectivity index (χ0v) is 9.34. The normalized spacial score (nSPS) is 29.1. The lowest BCUT2D eigenvalue weighted by Gasteiger charge is -2.45. The average molecular weight is 184 g/mol. The summed E-state index contributed by atoms with van der Waals surface area (Å²) in [5, 5.41) is 0. The molecule has 1 heterocycles. The Morgan fingerprint density at radius 2 is 2.15 bits per heavy atom. The van der Waals surface area contributed by atoms with E-state index in [0.717, 1.165) is 12.5 Å². The summed E-state index contributed by atoms with van der Waals surface area (Å²) >= 11 is 0. The smallest absolute Gasteiger partial charge is 0.0155 e. The first-order chi connectivity index (χ1) is 6.10. The van der Waals surface area contributed by atoms with Gasteiger partial charge in [-0.2, -0.15) is 0 Å². The largest absolute Gasteiger partial charge is 0.330 e. The molecule has 0 aromatic carbocycles. The molecule has 0 saturated carbocycles. The predicted octanol–water partition coefficient (Wildman–Crippen LogP) is 1.85. The zero-order chi connectivity index (χ0) is 9.90. The Morgan fingerprint density at radius 1 is 1.46 bits per heavy atom. The summed E-state index contributed by atoms with van der Waals surface area (Å²) < 4.78 is 0. The van der Waals surface area contributed by atoms with Gasteiger partial charge in [0.2, 0.25) is 0 Å². The minimum Gasteiger partial charge on any atom is -0.330 e. The first-order valence-electron chi connectivity index (χ1n) is 5.55. The van der Waals surface area contributed by atoms with Gasteiger partial charge < -0.3 is 5.73 Å². The van der Waals surface area contributed by atoms with Crippen LogP contribution in [-0.2, 0) is 0 Å². The van der Waals surface area contributed by atoms with Gasteiger partial charge in [0.1, 0.15) is 0 Å². The monoisotopic (exact) mass is 184 g/mol. The van der Waals surface area contributed by atoms with Crippen molar-refractivity contribution in [3.63, 3.8) is 0 Å². The van der Waals surface area contributed by atoms with E-state index in [1.54, 1.807) is 0 Å². The van der Waals surface area contributed by atoms with Gasteiger partial charge in [-0.1, -0.05) is 6.92 Å². The molecule has 0 spiro atoms. The van der Waals surface area contributed by atoms with Gasteiger partial charge in [0.15, 0.2) is 0 Å². The molecule has 78 valence electrons. The maximum Gasteiger partial charge on any atom is 0.0155 e. The van der Waals surface area contributed by atoms with E-state index in [1.807, 2.05) is 0 Å². The molecule has 1 fully saturated rings. The molecule has 2 heteroatoms. The summed E-state index contributed by atoms with van der Waals surface area (Å²) in [7, 11) is 0. The summed E-state index contributed by atoms with van der Waals surface area (Å²) in [5.74, 6) is 0.864. The van der Waals surface area contributed by atoms with E-state index in [-0.39, 0.29) is 0 Å². The van der Waals surface area contributed by atoms with Crippen molar-refractivity contribution in [3.05, 3.63) is 0 Å². The van der Waals surface area contributed by atoms with Crippen LogP contribution >= 0.6 is 0 Å². The molecule has 1 saturated heterocycles. The molecular formula is C11H24N2. The Morgan fingerprint density at radius 3 is 2.62 bits per heavy atom. The topological polar surface area (TPSA) is 29.3 Å². The molecule has 1 unspecified atom stereocenters. The standard InChI is InChI=1S/C11H24N2/c1-4-13-8-6-10(5-7-12)9-11(13,2)3/h10H,4-9,12H2,1-3H3. The lowest BCUT2D eigenvalue weighted by Crippen LogP contribution is -2.49. The summed E-state index contributed by atoms with van der Waals surface area (Å²) in [6, 6.07) is 0. The fraction of sp³-hybridized carbons (Fsp3) is 1.00. The van der Waals surface area contributed by atoms with Gasteiger partial charge in [0.05, 0.1) is 0 Å². The summed E-state index contributed by atoms with van der Waals surface area (Å²) in [6.45, 7) is 10.3. The molecule has 1 aliphatic heterocycles. The Labute approximate surface area is 82.5 Å². The van der Waals surface area contributed by atoms with Crippen LogP contribution in [0, 0.1) is 5.92 Å². The molecular weight excluding hydrogens is 160 g/mol. The third-order valence-electron chi connectivity index (χ3n) is 3.41. The second-order valence-electron chi connectivity index (χ2n) is 4.83. The number of likely N-dealkylation sites (tertiary alicyclic amines) is 1. The lowest BCUT2D eigenvalue weighted by molar-refractivity contribution is 0.0500. The van der Waals surface area contributed by atoms with Crippen LogP contribution in [0.15, 0.2) is 0 Å². The van der Waals surface area contributed by atoms with E-state index in [9.17, 15) is 0 Å². The van der Waals surface area contributed by atoms with Crippen molar-refractivity contribution < 1.29 is 0 Å². The van der Waals surface area contributed by atoms with Crippen LogP contribution in [-0.4, -0.2) is 30.1 Å². The Hall–Kier alpha value is -0.0800. The van der Waals surface area contributed by atoms with Crippen LogP contribution < -0.4 is 5.73 Å². The van der Waals surface area contributed by atoms with Crippen LogP contribution in [0.4, 0.5) is 0 Å². The third kappa shape index (κ3) is 2.68. The molecule has 2 nitrogen and oxygen atoms in total. The quantitative estimate of drug-likeness (QED) is 0.725. The van der Waals surface area contributed by atoms with Crippen LogP contribution in [0.2, 0.25) is 0 Å². The van der Waals surface area contributed by atoms with E-state index >= 15 is 0 Å². The van der Waals surface area contributed by atoms with Crippen molar-refractivity contribution >= 4 is 0 Å². The first kappa shape index (κ1) is 11.0. The molecule has 1 rings (SSSR count). The fourth-order valence-corrected chi connectivity index (χ4v) is 2.65. The highest BCUT2D eigenvalue weighted by atomic mass is 15.2. The molecule has 0 aromatic heterocycles. The van der Waals surface area contributed by atoms with E-state index in [1.165, 1.54) is 32.4 Å². The number of hydrogen-bond acceptors (Lipinski definition) is 2. The van der Waals surface area contributed by atoms with Crippen LogP contribution in [0.5, 0.6) is 0 Å². The van der Waals surface area contributed by atoms with Gasteiger partial charge in [-0.3, -0.25) is 4.90 Å². The van der Waals surface area contributed by atoms with Crippen molar-refractivity contribution in [2.24, 2.45) is 11.7 Å². The Kier molecular flexibility index (Phi) is 3.74. The van der Waals surface area contributed by atoms with E-state index in [2.05, 4.69) is 25.7 Å². The van der Waals surface area contributed by atoms with E-state index in [4.69, 9.17) is 5.73 Å². The Balaban J connectivity index is 2.48. The minimum atomic E-state index is 0.396. The molecule has 0 aliphatic carbocycles. The van der Waals surface area contributed by atoms with Crippen molar-refractivity contribution in [2.75, 3.05) is 19.6 Å². The van der Waals surface area contributed by atoms with Crippen molar-refractivity contribution in [1.29, 1.82) is 0 Å². The van der Waals surface area contributed by atoms with Crippen molar-refractivity contribution in [2.45, 2.75) is 45.6 Å². The molecule has 1 atom stereocenters. The molecule has 2 N–H and O–H groups in total. The summed E-state index contributed by atoms with van der Waals surface area (Å²) in [4.78, 5) is 2.58. The maximum absolute atomic E-state index is 5.60. The van der Waals surface area contributed by atoms with Gasteiger partial charge in [-0.05, 0) is 58.7 Å². The molecule has 1 aliphatic rings. The van der Waals surface area contributed by atoms with Crippen LogP contribution in [0.1, 0.15) is 40.0 Å². The van der Waals surface area contributed by atoms with Gasteiger partial charge in [-0.15, -0.1) is 0 Å². The highest BCUT2D eigenvalue weighted by molar-refractivity contribution is 4.88. The fourth-order valence-electron chi connectivity index (χ4n) is 2.65. The van der Waals surface area contributed by atoms with Crippen molar-refractivity contribution in [1.82, 2.24) is 4.90 Å². The predicted molar refractivity (Wildman–Crippen MR) is 57.7 cm³/mol. The Bertz CT molecular complexity index is 154. The van der Waals surface area contributed by atoms with Gasteiger partial charge in [-0.25, -0.2) is 0 Å². The average Bonchev–Trinajstić information content (AvgIpc) is 2.03. The molecule has 0 bridgehead atoms. The molecule has 0 aromatic rings. The summed E-state index contributed by atoms with van der Waals surface area (Å²) in [5.41, 5.74) is 6.00. The third-order valence-corrected chi connectivity index (χ3v) is 3.41. The SMILES string of the molecule is CCN1CCC(CCN)CC1(C)C. The second-order valence-corrected chi connectivity index (χ2v) is 4.83. The number of nitrogens with two attached hydrogens (primary N) is 1. The van der Waals surface area contributed by atoms with E-state index in [0.29, 0.717) is 5.54 Å². The number of rotatable bonds is 3. The molecule has 0 radical (unpaired) electrons. The highest BCUT2D eigenvalue weighted by Gasteiger charge is 2.32. The second kappa shape index (κ2) is 4.43. The lowest BCUT2D eigenvalue weighted by atomic mass is 9.81. The maximum atomic E-state index is 5.60. The van der Waals surface area contributed by atoms with E-state index < -0.39 is 0 Å². The van der Waals surface area contributed by atoms with Gasteiger partial charge in [0.25, 0.3) is 0 Å². The number of piperidine rings is 1. The number of nitrogens with zero attached hydrogens (tertiary/aromatic N) is 1.